The maximum absolute atomic E-state index is 11.6. The quantitative estimate of drug-likeness (QED) is 0.493. The van der Waals surface area contributed by atoms with Gasteiger partial charge in [-0.2, -0.15) is 0 Å². The summed E-state index contributed by atoms with van der Waals surface area (Å²) in [5.74, 6) is -1.03. The Bertz CT molecular complexity index is 624. The Hall–Kier alpha value is -2.10. The fraction of sp³-hybridized carbons (Fsp3) is 0.167. The summed E-state index contributed by atoms with van der Waals surface area (Å²) in [6.45, 7) is 0. The van der Waals surface area contributed by atoms with Crippen LogP contribution in [0.25, 0.3) is 10.9 Å². The number of carbonyl (C=O) groups excluding carboxylic acids is 2. The van der Waals surface area contributed by atoms with Gasteiger partial charge in [0.1, 0.15) is 5.69 Å². The highest BCUT2D eigenvalue weighted by Gasteiger charge is 2.30. The number of para-hydroxylation sites is 1. The number of ether oxygens (including phenoxy) is 1. The lowest BCUT2D eigenvalue weighted by atomic mass is 10.1. The van der Waals surface area contributed by atoms with E-state index in [0.29, 0.717) is 5.69 Å². The molecule has 1 aromatic carbocycles. The molecule has 0 atom stereocenters. The number of benzene rings is 1. The van der Waals surface area contributed by atoms with E-state index in [1.54, 1.807) is 11.6 Å². The SMILES string of the molecule is Cn1c2c(c3ccccc31)CC(=O)OC2=O. The molecule has 2 aromatic rings. The number of aryl methyl sites for hydroxylation is 1. The fourth-order valence-corrected chi connectivity index (χ4v) is 2.24. The van der Waals surface area contributed by atoms with Crippen LogP contribution in [0, 0.1) is 0 Å². The second kappa shape index (κ2) is 2.95. The van der Waals surface area contributed by atoms with E-state index < -0.39 is 11.9 Å². The van der Waals surface area contributed by atoms with Gasteiger partial charge >= 0.3 is 11.9 Å². The summed E-state index contributed by atoms with van der Waals surface area (Å²) in [4.78, 5) is 22.9. The van der Waals surface area contributed by atoms with Crippen LogP contribution in [0.2, 0.25) is 0 Å². The number of carbonyl (C=O) groups is 2. The number of rotatable bonds is 0. The van der Waals surface area contributed by atoms with E-state index in [2.05, 4.69) is 4.74 Å². The molecule has 1 aliphatic heterocycles. The van der Waals surface area contributed by atoms with Crippen LogP contribution in [0.3, 0.4) is 0 Å². The number of aromatic nitrogens is 1. The second-order valence-electron chi connectivity index (χ2n) is 3.84. The van der Waals surface area contributed by atoms with Crippen LogP contribution in [0.15, 0.2) is 24.3 Å². The van der Waals surface area contributed by atoms with Gasteiger partial charge in [0, 0.05) is 23.5 Å². The molecule has 3 rings (SSSR count). The van der Waals surface area contributed by atoms with Gasteiger partial charge in [-0.05, 0) is 6.07 Å². The second-order valence-corrected chi connectivity index (χ2v) is 3.84. The van der Waals surface area contributed by atoms with Crippen LogP contribution >= 0.6 is 0 Å². The highest BCUT2D eigenvalue weighted by atomic mass is 16.6. The lowest BCUT2D eigenvalue weighted by Crippen LogP contribution is -2.24. The maximum atomic E-state index is 11.6. The number of hydrogen-bond acceptors (Lipinski definition) is 3. The van der Waals surface area contributed by atoms with Crippen LogP contribution in [0.4, 0.5) is 0 Å². The topological polar surface area (TPSA) is 48.3 Å². The highest BCUT2D eigenvalue weighted by molar-refractivity contribution is 6.07. The Labute approximate surface area is 91.4 Å². The Morgan fingerprint density at radius 2 is 2.00 bits per heavy atom. The van der Waals surface area contributed by atoms with Crippen molar-refractivity contribution in [3.05, 3.63) is 35.5 Å². The van der Waals surface area contributed by atoms with E-state index in [0.717, 1.165) is 16.5 Å². The monoisotopic (exact) mass is 215 g/mol. The molecule has 0 bridgehead atoms. The van der Waals surface area contributed by atoms with Crippen molar-refractivity contribution in [1.82, 2.24) is 4.57 Å². The molecule has 0 N–H and O–H groups in total. The van der Waals surface area contributed by atoms with E-state index >= 15 is 0 Å². The zero-order valence-corrected chi connectivity index (χ0v) is 8.69. The Balaban J connectivity index is 2.43. The number of cyclic esters (lactones) is 2. The van der Waals surface area contributed by atoms with Crippen molar-refractivity contribution in [2.75, 3.05) is 0 Å². The number of hydrogen-bond donors (Lipinski definition) is 0. The molecule has 0 saturated heterocycles. The van der Waals surface area contributed by atoms with Crippen molar-refractivity contribution in [1.29, 1.82) is 0 Å². The first-order valence-corrected chi connectivity index (χ1v) is 5.00. The van der Waals surface area contributed by atoms with Crippen molar-refractivity contribution in [3.63, 3.8) is 0 Å². The number of fused-ring (bicyclic) bond motifs is 3. The molecule has 0 spiro atoms. The molecule has 4 nitrogen and oxygen atoms in total. The third kappa shape index (κ3) is 1.04. The zero-order valence-electron chi connectivity index (χ0n) is 8.69. The summed E-state index contributed by atoms with van der Waals surface area (Å²) < 4.78 is 6.40. The van der Waals surface area contributed by atoms with E-state index in [9.17, 15) is 9.59 Å². The predicted octanol–water partition coefficient (Wildman–Crippen LogP) is 1.42. The third-order valence-electron chi connectivity index (χ3n) is 2.93. The minimum absolute atomic E-state index is 0.169. The molecule has 80 valence electrons. The first-order valence-electron chi connectivity index (χ1n) is 5.00. The number of esters is 2. The molecule has 4 heteroatoms. The average Bonchev–Trinajstić information content (AvgIpc) is 2.54. The van der Waals surface area contributed by atoms with E-state index in [1.807, 2.05) is 24.3 Å². The van der Waals surface area contributed by atoms with Gasteiger partial charge in [0.25, 0.3) is 0 Å². The molecule has 2 heterocycles. The van der Waals surface area contributed by atoms with Gasteiger partial charge in [-0.3, -0.25) is 4.79 Å². The van der Waals surface area contributed by atoms with E-state index in [1.165, 1.54) is 0 Å². The molecular formula is C12H9NO3. The van der Waals surface area contributed by atoms with E-state index in [-0.39, 0.29) is 6.42 Å². The Kier molecular flexibility index (Phi) is 1.68. The molecule has 16 heavy (non-hydrogen) atoms. The molecule has 0 aliphatic carbocycles. The summed E-state index contributed by atoms with van der Waals surface area (Å²) in [6.07, 6.45) is 0.169. The lowest BCUT2D eigenvalue weighted by Gasteiger charge is -2.11. The van der Waals surface area contributed by atoms with Gasteiger partial charge in [0.15, 0.2) is 0 Å². The highest BCUT2D eigenvalue weighted by Crippen LogP contribution is 2.29. The first kappa shape index (κ1) is 9.15. The predicted molar refractivity (Wildman–Crippen MR) is 57.0 cm³/mol. The van der Waals surface area contributed by atoms with Gasteiger partial charge in [0.05, 0.1) is 6.42 Å². The minimum atomic E-state index is -0.551. The van der Waals surface area contributed by atoms with Crippen LogP contribution in [0.5, 0.6) is 0 Å². The zero-order chi connectivity index (χ0) is 11.3. The third-order valence-corrected chi connectivity index (χ3v) is 2.93. The van der Waals surface area contributed by atoms with Crippen molar-refractivity contribution in [3.8, 4) is 0 Å². The van der Waals surface area contributed by atoms with Crippen LogP contribution < -0.4 is 0 Å². The summed E-state index contributed by atoms with van der Waals surface area (Å²) in [5.41, 5.74) is 2.21. The van der Waals surface area contributed by atoms with Gasteiger partial charge in [-0.15, -0.1) is 0 Å². The maximum Gasteiger partial charge on any atom is 0.362 e. The standard InChI is InChI=1S/C12H9NO3/c1-13-9-5-3-2-4-7(9)8-6-10(14)16-12(15)11(8)13/h2-5H,6H2,1H3. The molecule has 1 aromatic heterocycles. The van der Waals surface area contributed by atoms with Gasteiger partial charge in [-0.1, -0.05) is 18.2 Å². The average molecular weight is 215 g/mol. The van der Waals surface area contributed by atoms with Gasteiger partial charge in [0.2, 0.25) is 0 Å². The Morgan fingerprint density at radius 1 is 1.25 bits per heavy atom. The van der Waals surface area contributed by atoms with Crippen molar-refractivity contribution in [2.45, 2.75) is 6.42 Å². The lowest BCUT2D eigenvalue weighted by molar-refractivity contribution is -0.137. The molecule has 1 aliphatic rings. The summed E-state index contributed by atoms with van der Waals surface area (Å²) in [6, 6.07) is 7.64. The minimum Gasteiger partial charge on any atom is -0.388 e. The van der Waals surface area contributed by atoms with Crippen LogP contribution in [-0.4, -0.2) is 16.5 Å². The largest absolute Gasteiger partial charge is 0.388 e. The molecule has 0 saturated carbocycles. The number of nitrogens with zero attached hydrogens (tertiary/aromatic N) is 1. The summed E-state index contributed by atoms with van der Waals surface area (Å²) in [5, 5.41) is 0.949. The van der Waals surface area contributed by atoms with Crippen LogP contribution in [-0.2, 0) is 23.0 Å². The van der Waals surface area contributed by atoms with Gasteiger partial charge < -0.3 is 9.30 Å². The molecule has 0 radical (unpaired) electrons. The Morgan fingerprint density at radius 3 is 2.81 bits per heavy atom. The summed E-state index contributed by atoms with van der Waals surface area (Å²) >= 11 is 0. The fourth-order valence-electron chi connectivity index (χ4n) is 2.24. The van der Waals surface area contributed by atoms with Gasteiger partial charge in [-0.25, -0.2) is 4.79 Å². The smallest absolute Gasteiger partial charge is 0.362 e. The van der Waals surface area contributed by atoms with Crippen molar-refractivity contribution in [2.24, 2.45) is 7.05 Å². The molecule has 0 unspecified atom stereocenters. The van der Waals surface area contributed by atoms with Crippen LogP contribution in [0.1, 0.15) is 16.1 Å². The molecule has 0 fully saturated rings. The molecular weight excluding hydrogens is 206 g/mol. The summed E-state index contributed by atoms with van der Waals surface area (Å²) in [7, 11) is 1.80. The molecule has 0 amide bonds. The normalized spacial score (nSPS) is 15.1. The van der Waals surface area contributed by atoms with Crippen molar-refractivity contribution >= 4 is 22.8 Å². The van der Waals surface area contributed by atoms with E-state index in [4.69, 9.17) is 0 Å². The van der Waals surface area contributed by atoms with Crippen molar-refractivity contribution < 1.29 is 14.3 Å². The first-order chi connectivity index (χ1) is 7.68.